The second kappa shape index (κ2) is 6.78. The lowest BCUT2D eigenvalue weighted by atomic mass is 10.1. The molecule has 0 amide bonds. The van der Waals surface area contributed by atoms with E-state index in [1.54, 1.807) is 24.3 Å². The van der Waals surface area contributed by atoms with Crippen molar-refractivity contribution in [2.75, 3.05) is 6.79 Å². The first kappa shape index (κ1) is 16.4. The fourth-order valence-electron chi connectivity index (χ4n) is 3.15. The lowest BCUT2D eigenvalue weighted by molar-refractivity contribution is 0.101. The van der Waals surface area contributed by atoms with Gasteiger partial charge in [-0.15, -0.1) is 0 Å². The van der Waals surface area contributed by atoms with Gasteiger partial charge in [0, 0.05) is 6.07 Å². The molecule has 3 aromatic carbocycles. The monoisotopic (exact) mass is 372 g/mol. The van der Waals surface area contributed by atoms with E-state index in [1.165, 1.54) is 0 Å². The van der Waals surface area contributed by atoms with Crippen molar-refractivity contribution in [1.29, 1.82) is 0 Å². The maximum atomic E-state index is 12.6. The molecule has 0 saturated heterocycles. The van der Waals surface area contributed by atoms with Crippen LogP contribution in [0.4, 0.5) is 0 Å². The van der Waals surface area contributed by atoms with Crippen LogP contribution in [0.1, 0.15) is 21.5 Å². The molecule has 3 aromatic rings. The molecule has 0 unspecified atom stereocenters. The largest absolute Gasteiger partial charge is 0.489 e. The minimum atomic E-state index is -0.151. The van der Waals surface area contributed by atoms with Crippen LogP contribution in [-0.4, -0.2) is 12.6 Å². The Labute approximate surface area is 161 Å². The van der Waals surface area contributed by atoms with E-state index >= 15 is 0 Å². The molecule has 28 heavy (non-hydrogen) atoms. The zero-order valence-electron chi connectivity index (χ0n) is 14.9. The van der Waals surface area contributed by atoms with Crippen LogP contribution in [0.15, 0.2) is 72.5 Å². The summed E-state index contributed by atoms with van der Waals surface area (Å²) in [6, 6.07) is 20.7. The topological polar surface area (TPSA) is 54.0 Å². The molecule has 0 aromatic heterocycles. The molecule has 138 valence electrons. The van der Waals surface area contributed by atoms with Gasteiger partial charge in [-0.2, -0.15) is 0 Å². The van der Waals surface area contributed by atoms with Crippen LogP contribution in [0, 0.1) is 0 Å². The van der Waals surface area contributed by atoms with Gasteiger partial charge in [0.2, 0.25) is 12.6 Å². The van der Waals surface area contributed by atoms with E-state index in [2.05, 4.69) is 0 Å². The van der Waals surface area contributed by atoms with Crippen molar-refractivity contribution >= 4 is 11.9 Å². The van der Waals surface area contributed by atoms with E-state index in [0.29, 0.717) is 35.2 Å². The predicted molar refractivity (Wildman–Crippen MR) is 103 cm³/mol. The Hall–Kier alpha value is -3.73. The molecule has 5 rings (SSSR count). The van der Waals surface area contributed by atoms with Crippen molar-refractivity contribution in [2.24, 2.45) is 0 Å². The number of benzene rings is 3. The van der Waals surface area contributed by atoms with Gasteiger partial charge in [-0.1, -0.05) is 36.4 Å². The third kappa shape index (κ3) is 3.07. The Morgan fingerprint density at radius 2 is 1.75 bits per heavy atom. The first-order valence-electron chi connectivity index (χ1n) is 8.91. The number of ether oxygens (including phenoxy) is 4. The average Bonchev–Trinajstić information content (AvgIpc) is 3.31. The number of rotatable bonds is 4. The highest BCUT2D eigenvalue weighted by Gasteiger charge is 2.28. The SMILES string of the molecule is O=C1C(=Cc2ccc3c(c2)OCO3)Oc2cc(OCc3ccccc3)ccc21. The summed E-state index contributed by atoms with van der Waals surface area (Å²) in [6.45, 7) is 0.662. The molecule has 0 fully saturated rings. The van der Waals surface area contributed by atoms with Gasteiger partial charge in [-0.25, -0.2) is 0 Å². The summed E-state index contributed by atoms with van der Waals surface area (Å²) < 4.78 is 22.3. The normalized spacial score (nSPS) is 15.4. The lowest BCUT2D eigenvalue weighted by Gasteiger charge is -2.07. The highest BCUT2D eigenvalue weighted by molar-refractivity contribution is 6.14. The van der Waals surface area contributed by atoms with Crippen LogP contribution in [0.5, 0.6) is 23.0 Å². The molecule has 0 radical (unpaired) electrons. The molecule has 0 N–H and O–H groups in total. The molecule has 0 aliphatic carbocycles. The smallest absolute Gasteiger partial charge is 0.231 e. The average molecular weight is 372 g/mol. The molecule has 2 aliphatic heterocycles. The van der Waals surface area contributed by atoms with Gasteiger partial charge in [0.05, 0.1) is 5.56 Å². The van der Waals surface area contributed by atoms with Gasteiger partial charge in [-0.3, -0.25) is 4.79 Å². The van der Waals surface area contributed by atoms with E-state index in [1.807, 2.05) is 48.5 Å². The molecule has 0 saturated carbocycles. The van der Waals surface area contributed by atoms with Crippen molar-refractivity contribution < 1.29 is 23.7 Å². The van der Waals surface area contributed by atoms with Gasteiger partial charge in [0.1, 0.15) is 18.1 Å². The standard InChI is InChI=1S/C23H16O5/c24-23-18-8-7-17(25-13-15-4-2-1-3-5-15)12-20(18)28-22(23)11-16-6-9-19-21(10-16)27-14-26-19/h1-12H,13-14H2. The van der Waals surface area contributed by atoms with Gasteiger partial charge in [0.15, 0.2) is 17.3 Å². The molecule has 2 heterocycles. The van der Waals surface area contributed by atoms with Crippen LogP contribution in [0.2, 0.25) is 0 Å². The molecular formula is C23H16O5. The predicted octanol–water partition coefficient (Wildman–Crippen LogP) is 4.61. The van der Waals surface area contributed by atoms with Crippen molar-refractivity contribution in [1.82, 2.24) is 0 Å². The Balaban J connectivity index is 1.35. The summed E-state index contributed by atoms with van der Waals surface area (Å²) in [6.07, 6.45) is 1.70. The fraction of sp³-hybridized carbons (Fsp3) is 0.0870. The summed E-state index contributed by atoms with van der Waals surface area (Å²) >= 11 is 0. The lowest BCUT2D eigenvalue weighted by Crippen LogP contribution is -1.98. The molecule has 0 atom stereocenters. The maximum absolute atomic E-state index is 12.6. The minimum absolute atomic E-state index is 0.151. The highest BCUT2D eigenvalue weighted by Crippen LogP contribution is 2.37. The number of carbonyl (C=O) groups excluding carboxylic acids is 1. The Morgan fingerprint density at radius 3 is 2.64 bits per heavy atom. The highest BCUT2D eigenvalue weighted by atomic mass is 16.7. The molecule has 2 aliphatic rings. The van der Waals surface area contributed by atoms with Crippen molar-refractivity contribution in [3.63, 3.8) is 0 Å². The second-order valence-electron chi connectivity index (χ2n) is 6.48. The first-order chi connectivity index (χ1) is 13.8. The van der Waals surface area contributed by atoms with Crippen molar-refractivity contribution in [3.8, 4) is 23.0 Å². The second-order valence-corrected chi connectivity index (χ2v) is 6.48. The van der Waals surface area contributed by atoms with Crippen LogP contribution in [0.25, 0.3) is 6.08 Å². The third-order valence-corrected chi connectivity index (χ3v) is 4.58. The zero-order valence-corrected chi connectivity index (χ0v) is 14.9. The number of hydrogen-bond donors (Lipinski definition) is 0. The molecule has 5 heteroatoms. The molecule has 0 spiro atoms. The van der Waals surface area contributed by atoms with Gasteiger partial charge >= 0.3 is 0 Å². The number of carbonyl (C=O) groups is 1. The van der Waals surface area contributed by atoms with E-state index in [4.69, 9.17) is 18.9 Å². The maximum Gasteiger partial charge on any atom is 0.231 e. The van der Waals surface area contributed by atoms with Gasteiger partial charge in [-0.05, 0) is 41.5 Å². The summed E-state index contributed by atoms with van der Waals surface area (Å²) in [4.78, 5) is 12.6. The van der Waals surface area contributed by atoms with E-state index < -0.39 is 0 Å². The summed E-state index contributed by atoms with van der Waals surface area (Å²) in [5.41, 5.74) is 2.41. The fourth-order valence-corrected chi connectivity index (χ4v) is 3.15. The van der Waals surface area contributed by atoms with Crippen LogP contribution in [0.3, 0.4) is 0 Å². The summed E-state index contributed by atoms with van der Waals surface area (Å²) in [5.74, 6) is 2.64. The van der Waals surface area contributed by atoms with Crippen molar-refractivity contribution in [3.05, 3.63) is 89.2 Å². The quantitative estimate of drug-likeness (QED) is 0.626. The van der Waals surface area contributed by atoms with Gasteiger partial charge in [0.25, 0.3) is 0 Å². The minimum Gasteiger partial charge on any atom is -0.489 e. The van der Waals surface area contributed by atoms with E-state index in [-0.39, 0.29) is 18.3 Å². The summed E-state index contributed by atoms with van der Waals surface area (Å²) in [5, 5.41) is 0. The van der Waals surface area contributed by atoms with Crippen LogP contribution in [-0.2, 0) is 6.61 Å². The number of ketones is 1. The number of Topliss-reactive ketones (excluding diaryl/α,β-unsaturated/α-hetero) is 1. The number of fused-ring (bicyclic) bond motifs is 2. The third-order valence-electron chi connectivity index (χ3n) is 4.58. The number of hydrogen-bond acceptors (Lipinski definition) is 5. The Kier molecular flexibility index (Phi) is 3.98. The van der Waals surface area contributed by atoms with Crippen LogP contribution >= 0.6 is 0 Å². The van der Waals surface area contributed by atoms with E-state index in [9.17, 15) is 4.79 Å². The Morgan fingerprint density at radius 1 is 0.893 bits per heavy atom. The zero-order chi connectivity index (χ0) is 18.9. The molecular weight excluding hydrogens is 356 g/mol. The number of allylic oxidation sites excluding steroid dienone is 1. The van der Waals surface area contributed by atoms with Crippen molar-refractivity contribution in [2.45, 2.75) is 6.61 Å². The van der Waals surface area contributed by atoms with Gasteiger partial charge < -0.3 is 18.9 Å². The molecule has 5 nitrogen and oxygen atoms in total. The Bertz CT molecular complexity index is 1090. The molecule has 0 bridgehead atoms. The first-order valence-corrected chi connectivity index (χ1v) is 8.91. The van der Waals surface area contributed by atoms with Crippen LogP contribution < -0.4 is 18.9 Å². The summed E-state index contributed by atoms with van der Waals surface area (Å²) in [7, 11) is 0. The van der Waals surface area contributed by atoms with E-state index in [0.717, 1.165) is 11.1 Å².